The SMILES string of the molecule is CCCCCCC/C=C1/Cc2cccc(OC)c2OC1=O. The summed E-state index contributed by atoms with van der Waals surface area (Å²) >= 11 is 0. The Balaban J connectivity index is 1.96. The second kappa shape index (κ2) is 7.87. The van der Waals surface area contributed by atoms with E-state index in [2.05, 4.69) is 6.92 Å². The molecule has 0 unspecified atom stereocenters. The van der Waals surface area contributed by atoms with Crippen LogP contribution in [-0.2, 0) is 11.2 Å². The van der Waals surface area contributed by atoms with Gasteiger partial charge in [-0.1, -0.05) is 50.8 Å². The summed E-state index contributed by atoms with van der Waals surface area (Å²) in [6.07, 6.45) is 9.84. The topological polar surface area (TPSA) is 35.5 Å². The van der Waals surface area contributed by atoms with E-state index in [0.29, 0.717) is 17.9 Å². The minimum atomic E-state index is -0.236. The van der Waals surface area contributed by atoms with Gasteiger partial charge in [0.1, 0.15) is 0 Å². The summed E-state index contributed by atoms with van der Waals surface area (Å²) in [4.78, 5) is 12.0. The molecule has 1 aromatic rings. The minimum absolute atomic E-state index is 0.236. The number of allylic oxidation sites excluding steroid dienone is 1. The number of benzene rings is 1. The number of rotatable bonds is 7. The summed E-state index contributed by atoms with van der Waals surface area (Å²) < 4.78 is 10.7. The maximum Gasteiger partial charge on any atom is 0.339 e. The molecule has 0 saturated carbocycles. The van der Waals surface area contributed by atoms with E-state index in [4.69, 9.17) is 9.47 Å². The molecule has 3 heteroatoms. The molecule has 3 nitrogen and oxygen atoms in total. The van der Waals surface area contributed by atoms with Gasteiger partial charge < -0.3 is 9.47 Å². The molecular weight excluding hydrogens is 264 g/mol. The van der Waals surface area contributed by atoms with Gasteiger partial charge in [0.2, 0.25) is 0 Å². The lowest BCUT2D eigenvalue weighted by Crippen LogP contribution is -2.20. The summed E-state index contributed by atoms with van der Waals surface area (Å²) in [6, 6.07) is 5.73. The van der Waals surface area contributed by atoms with Crippen molar-refractivity contribution in [1.29, 1.82) is 0 Å². The highest BCUT2D eigenvalue weighted by molar-refractivity contribution is 5.93. The summed E-state index contributed by atoms with van der Waals surface area (Å²) in [5.74, 6) is 0.963. The zero-order chi connectivity index (χ0) is 15.1. The number of esters is 1. The smallest absolute Gasteiger partial charge is 0.339 e. The first-order valence-electron chi connectivity index (χ1n) is 7.83. The molecule has 1 aliphatic heterocycles. The van der Waals surface area contributed by atoms with Crippen LogP contribution in [0.3, 0.4) is 0 Å². The van der Waals surface area contributed by atoms with Crippen LogP contribution in [0.2, 0.25) is 0 Å². The summed E-state index contributed by atoms with van der Waals surface area (Å²) in [5.41, 5.74) is 1.79. The summed E-state index contributed by atoms with van der Waals surface area (Å²) in [7, 11) is 1.59. The fraction of sp³-hybridized carbons (Fsp3) is 0.500. The first-order chi connectivity index (χ1) is 10.3. The van der Waals surface area contributed by atoms with Crippen molar-refractivity contribution in [3.8, 4) is 11.5 Å². The number of carbonyl (C=O) groups is 1. The largest absolute Gasteiger partial charge is 0.493 e. The molecule has 21 heavy (non-hydrogen) atoms. The molecule has 0 bridgehead atoms. The van der Waals surface area contributed by atoms with Crippen LogP contribution in [0.25, 0.3) is 0 Å². The van der Waals surface area contributed by atoms with Crippen LogP contribution in [-0.4, -0.2) is 13.1 Å². The standard InChI is InChI=1S/C18H24O3/c1-3-4-5-6-7-8-10-15-13-14-11-9-12-16(20-2)17(14)21-18(15)19/h9-12H,3-8,13H2,1-2H3/b15-10-. The van der Waals surface area contributed by atoms with E-state index in [1.54, 1.807) is 7.11 Å². The predicted octanol–water partition coefficient (Wildman–Crippen LogP) is 4.44. The molecule has 114 valence electrons. The van der Waals surface area contributed by atoms with E-state index in [-0.39, 0.29) is 5.97 Å². The Morgan fingerprint density at radius 3 is 2.81 bits per heavy atom. The maximum absolute atomic E-state index is 12.0. The Morgan fingerprint density at radius 1 is 1.24 bits per heavy atom. The molecule has 1 aromatic carbocycles. The molecule has 0 aliphatic carbocycles. The Labute approximate surface area is 127 Å². The minimum Gasteiger partial charge on any atom is -0.493 e. The van der Waals surface area contributed by atoms with Gasteiger partial charge in [0, 0.05) is 17.6 Å². The average molecular weight is 288 g/mol. The number of unbranched alkanes of at least 4 members (excludes halogenated alkanes) is 5. The Bertz CT molecular complexity index is 517. The third-order valence-corrected chi connectivity index (χ3v) is 3.82. The Morgan fingerprint density at radius 2 is 2.05 bits per heavy atom. The predicted molar refractivity (Wildman–Crippen MR) is 83.8 cm³/mol. The molecule has 1 aliphatic rings. The van der Waals surface area contributed by atoms with Crippen molar-refractivity contribution in [3.63, 3.8) is 0 Å². The third kappa shape index (κ3) is 4.10. The van der Waals surface area contributed by atoms with Crippen molar-refractivity contribution in [2.45, 2.75) is 51.9 Å². The van der Waals surface area contributed by atoms with Crippen molar-refractivity contribution in [2.75, 3.05) is 7.11 Å². The van der Waals surface area contributed by atoms with Crippen LogP contribution in [0.5, 0.6) is 11.5 Å². The van der Waals surface area contributed by atoms with Gasteiger partial charge in [-0.05, 0) is 18.9 Å². The van der Waals surface area contributed by atoms with E-state index in [1.165, 1.54) is 25.7 Å². The zero-order valence-electron chi connectivity index (χ0n) is 13.0. The summed E-state index contributed by atoms with van der Waals surface area (Å²) in [6.45, 7) is 2.21. The molecule has 0 saturated heterocycles. The highest BCUT2D eigenvalue weighted by Gasteiger charge is 2.24. The number of fused-ring (bicyclic) bond motifs is 1. The lowest BCUT2D eigenvalue weighted by atomic mass is 9.99. The van der Waals surface area contributed by atoms with Crippen molar-refractivity contribution in [3.05, 3.63) is 35.4 Å². The van der Waals surface area contributed by atoms with Crippen LogP contribution in [0.15, 0.2) is 29.8 Å². The van der Waals surface area contributed by atoms with Crippen molar-refractivity contribution in [1.82, 2.24) is 0 Å². The molecule has 0 spiro atoms. The van der Waals surface area contributed by atoms with E-state index < -0.39 is 0 Å². The Hall–Kier alpha value is -1.77. The molecule has 0 N–H and O–H groups in total. The quantitative estimate of drug-likeness (QED) is 0.322. The first-order valence-corrected chi connectivity index (χ1v) is 7.83. The van der Waals surface area contributed by atoms with Crippen LogP contribution in [0.4, 0.5) is 0 Å². The van der Waals surface area contributed by atoms with Crippen LogP contribution < -0.4 is 9.47 Å². The van der Waals surface area contributed by atoms with Gasteiger partial charge in [-0.25, -0.2) is 4.79 Å². The van der Waals surface area contributed by atoms with E-state index >= 15 is 0 Å². The van der Waals surface area contributed by atoms with Gasteiger partial charge in [0.15, 0.2) is 11.5 Å². The molecule has 0 amide bonds. The zero-order valence-corrected chi connectivity index (χ0v) is 13.0. The number of methoxy groups -OCH3 is 1. The molecule has 0 atom stereocenters. The maximum atomic E-state index is 12.0. The molecule has 0 radical (unpaired) electrons. The van der Waals surface area contributed by atoms with Crippen molar-refractivity contribution >= 4 is 5.97 Å². The highest BCUT2D eigenvalue weighted by atomic mass is 16.6. The van der Waals surface area contributed by atoms with E-state index in [1.807, 2.05) is 24.3 Å². The first kappa shape index (κ1) is 15.6. The molecule has 0 aromatic heterocycles. The number of para-hydroxylation sites is 1. The molecule has 2 rings (SSSR count). The van der Waals surface area contributed by atoms with Crippen molar-refractivity contribution < 1.29 is 14.3 Å². The average Bonchev–Trinajstić information content (AvgIpc) is 2.50. The second-order valence-electron chi connectivity index (χ2n) is 5.45. The van der Waals surface area contributed by atoms with E-state index in [9.17, 15) is 4.79 Å². The van der Waals surface area contributed by atoms with Gasteiger partial charge >= 0.3 is 5.97 Å². The van der Waals surface area contributed by atoms with Crippen molar-refractivity contribution in [2.24, 2.45) is 0 Å². The van der Waals surface area contributed by atoms with Crippen LogP contribution in [0, 0.1) is 0 Å². The van der Waals surface area contributed by atoms with Gasteiger partial charge in [0.25, 0.3) is 0 Å². The van der Waals surface area contributed by atoms with Crippen LogP contribution in [0.1, 0.15) is 51.0 Å². The number of hydrogen-bond acceptors (Lipinski definition) is 3. The lowest BCUT2D eigenvalue weighted by molar-refractivity contribution is -0.131. The van der Waals surface area contributed by atoms with Crippen LogP contribution >= 0.6 is 0 Å². The van der Waals surface area contributed by atoms with E-state index in [0.717, 1.165) is 24.0 Å². The second-order valence-corrected chi connectivity index (χ2v) is 5.45. The lowest BCUT2D eigenvalue weighted by Gasteiger charge is -2.20. The fourth-order valence-electron chi connectivity index (χ4n) is 2.59. The van der Waals surface area contributed by atoms with Gasteiger partial charge in [0.05, 0.1) is 7.11 Å². The number of hydrogen-bond donors (Lipinski definition) is 0. The van der Waals surface area contributed by atoms with Gasteiger partial charge in [-0.2, -0.15) is 0 Å². The summed E-state index contributed by atoms with van der Waals surface area (Å²) in [5, 5.41) is 0. The van der Waals surface area contributed by atoms with Gasteiger partial charge in [-0.3, -0.25) is 0 Å². The highest BCUT2D eigenvalue weighted by Crippen LogP contribution is 2.36. The molecule has 1 heterocycles. The van der Waals surface area contributed by atoms with Gasteiger partial charge in [-0.15, -0.1) is 0 Å². The normalized spacial score (nSPS) is 15.7. The fourth-order valence-corrected chi connectivity index (χ4v) is 2.59. The molecular formula is C18H24O3. The Kier molecular flexibility index (Phi) is 5.85. The third-order valence-electron chi connectivity index (χ3n) is 3.82. The number of ether oxygens (including phenoxy) is 2. The monoisotopic (exact) mass is 288 g/mol. The molecule has 0 fully saturated rings. The number of carbonyl (C=O) groups excluding carboxylic acids is 1.